The highest BCUT2D eigenvalue weighted by Crippen LogP contribution is 2.32. The van der Waals surface area contributed by atoms with E-state index >= 15 is 0 Å². The molecule has 0 amide bonds. The molecule has 1 heterocycles. The van der Waals surface area contributed by atoms with Gasteiger partial charge in [0.05, 0.1) is 17.0 Å². The lowest BCUT2D eigenvalue weighted by Crippen LogP contribution is -2.11. The Hall–Kier alpha value is -3.84. The summed E-state index contributed by atoms with van der Waals surface area (Å²) in [5.74, 6) is 0.549. The van der Waals surface area contributed by atoms with Crippen LogP contribution in [0, 0.1) is 32.1 Å². The summed E-state index contributed by atoms with van der Waals surface area (Å²) in [6, 6.07) is 20.8. The summed E-state index contributed by atoms with van der Waals surface area (Å²) >= 11 is 0. The van der Waals surface area contributed by atoms with Gasteiger partial charge in [0.2, 0.25) is 11.2 Å². The SMILES string of the molecule is Cc1ccc(-c2oc3cc(C)c(C)cc3c(=O)c2OCc2ccccc2C#N)cc1. The average Bonchev–Trinajstić information content (AvgIpc) is 2.75. The summed E-state index contributed by atoms with van der Waals surface area (Å²) < 4.78 is 12.2. The van der Waals surface area contributed by atoms with Gasteiger partial charge in [-0.1, -0.05) is 48.0 Å². The number of nitrogens with zero attached hydrogens (tertiary/aromatic N) is 1. The zero-order chi connectivity index (χ0) is 21.3. The summed E-state index contributed by atoms with van der Waals surface area (Å²) in [6.07, 6.45) is 0. The van der Waals surface area contributed by atoms with Crippen molar-refractivity contribution in [2.45, 2.75) is 27.4 Å². The van der Waals surface area contributed by atoms with Crippen LogP contribution in [0.3, 0.4) is 0 Å². The molecule has 1 aromatic heterocycles. The second kappa shape index (κ2) is 7.88. The van der Waals surface area contributed by atoms with E-state index in [0.29, 0.717) is 22.3 Å². The first kappa shape index (κ1) is 19.5. The van der Waals surface area contributed by atoms with Gasteiger partial charge in [-0.25, -0.2) is 0 Å². The van der Waals surface area contributed by atoms with E-state index in [9.17, 15) is 10.1 Å². The van der Waals surface area contributed by atoms with Gasteiger partial charge < -0.3 is 9.15 Å². The second-order valence-electron chi connectivity index (χ2n) is 7.45. The van der Waals surface area contributed by atoms with Crippen molar-refractivity contribution in [2.24, 2.45) is 0 Å². The van der Waals surface area contributed by atoms with Gasteiger partial charge in [0.25, 0.3) is 0 Å². The summed E-state index contributed by atoms with van der Waals surface area (Å²) in [7, 11) is 0. The second-order valence-corrected chi connectivity index (χ2v) is 7.45. The molecular formula is C26H21NO3. The Balaban J connectivity index is 1.89. The third-order valence-corrected chi connectivity index (χ3v) is 5.29. The van der Waals surface area contributed by atoms with Gasteiger partial charge in [-0.15, -0.1) is 0 Å². The Morgan fingerprint density at radius 2 is 1.67 bits per heavy atom. The predicted molar refractivity (Wildman–Crippen MR) is 118 cm³/mol. The molecule has 0 aliphatic heterocycles. The molecule has 0 N–H and O–H groups in total. The molecule has 4 rings (SSSR count). The molecule has 3 aromatic carbocycles. The molecule has 0 radical (unpaired) electrons. The normalized spacial score (nSPS) is 10.7. The van der Waals surface area contributed by atoms with Crippen LogP contribution in [0.15, 0.2) is 69.9 Å². The largest absolute Gasteiger partial charge is 0.481 e. The van der Waals surface area contributed by atoms with E-state index in [1.54, 1.807) is 12.1 Å². The van der Waals surface area contributed by atoms with Crippen molar-refractivity contribution in [3.63, 3.8) is 0 Å². The smallest absolute Gasteiger partial charge is 0.235 e. The fourth-order valence-corrected chi connectivity index (χ4v) is 3.36. The minimum atomic E-state index is -0.218. The first-order valence-corrected chi connectivity index (χ1v) is 9.74. The van der Waals surface area contributed by atoms with E-state index in [0.717, 1.165) is 27.8 Å². The average molecular weight is 395 g/mol. The number of aryl methyl sites for hydroxylation is 3. The number of hydrogen-bond acceptors (Lipinski definition) is 4. The Morgan fingerprint density at radius 3 is 2.40 bits per heavy atom. The number of fused-ring (bicyclic) bond motifs is 1. The van der Waals surface area contributed by atoms with Gasteiger partial charge in [-0.05, 0) is 50.1 Å². The minimum Gasteiger partial charge on any atom is -0.481 e. The van der Waals surface area contributed by atoms with Gasteiger partial charge >= 0.3 is 0 Å². The Bertz CT molecular complexity index is 1340. The van der Waals surface area contributed by atoms with Crippen LogP contribution in [0.4, 0.5) is 0 Å². The molecule has 4 aromatic rings. The molecule has 0 saturated heterocycles. The number of benzene rings is 3. The highest BCUT2D eigenvalue weighted by molar-refractivity contribution is 5.83. The van der Waals surface area contributed by atoms with E-state index in [-0.39, 0.29) is 17.8 Å². The lowest BCUT2D eigenvalue weighted by atomic mass is 10.0. The van der Waals surface area contributed by atoms with Crippen molar-refractivity contribution in [1.29, 1.82) is 5.26 Å². The molecule has 0 aliphatic carbocycles. The fourth-order valence-electron chi connectivity index (χ4n) is 3.36. The zero-order valence-electron chi connectivity index (χ0n) is 17.2. The molecule has 30 heavy (non-hydrogen) atoms. The molecule has 0 saturated carbocycles. The van der Waals surface area contributed by atoms with Gasteiger partial charge in [-0.2, -0.15) is 5.26 Å². The first-order valence-electron chi connectivity index (χ1n) is 9.74. The molecule has 4 nitrogen and oxygen atoms in total. The highest BCUT2D eigenvalue weighted by atomic mass is 16.5. The van der Waals surface area contributed by atoms with Crippen molar-refractivity contribution in [3.05, 3.63) is 98.7 Å². The highest BCUT2D eigenvalue weighted by Gasteiger charge is 2.19. The van der Waals surface area contributed by atoms with Crippen LogP contribution >= 0.6 is 0 Å². The Morgan fingerprint density at radius 1 is 0.967 bits per heavy atom. The van der Waals surface area contributed by atoms with E-state index in [1.165, 1.54) is 0 Å². The molecule has 148 valence electrons. The van der Waals surface area contributed by atoms with Crippen molar-refractivity contribution < 1.29 is 9.15 Å². The van der Waals surface area contributed by atoms with Crippen LogP contribution in [0.1, 0.15) is 27.8 Å². The van der Waals surface area contributed by atoms with Crippen LogP contribution in [0.2, 0.25) is 0 Å². The minimum absolute atomic E-state index is 0.101. The fraction of sp³-hybridized carbons (Fsp3) is 0.154. The van der Waals surface area contributed by atoms with Crippen molar-refractivity contribution in [1.82, 2.24) is 0 Å². The summed E-state index contributed by atoms with van der Waals surface area (Å²) in [5, 5.41) is 9.82. The number of hydrogen-bond donors (Lipinski definition) is 0. The molecule has 0 unspecified atom stereocenters. The van der Waals surface area contributed by atoms with Gasteiger partial charge in [0.1, 0.15) is 12.2 Å². The van der Waals surface area contributed by atoms with Crippen LogP contribution < -0.4 is 10.2 Å². The number of rotatable bonds is 4. The van der Waals surface area contributed by atoms with Gasteiger partial charge in [-0.3, -0.25) is 4.79 Å². The summed E-state index contributed by atoms with van der Waals surface area (Å²) in [6.45, 7) is 6.06. The summed E-state index contributed by atoms with van der Waals surface area (Å²) in [5.41, 5.74) is 5.49. The van der Waals surface area contributed by atoms with Crippen LogP contribution in [-0.4, -0.2) is 0 Å². The quantitative estimate of drug-likeness (QED) is 0.436. The van der Waals surface area contributed by atoms with Crippen LogP contribution in [0.25, 0.3) is 22.3 Å². The topological polar surface area (TPSA) is 63.2 Å². The van der Waals surface area contributed by atoms with Crippen molar-refractivity contribution in [3.8, 4) is 23.1 Å². The molecule has 0 aliphatic rings. The van der Waals surface area contributed by atoms with E-state index in [2.05, 4.69) is 6.07 Å². The third kappa shape index (κ3) is 3.58. The van der Waals surface area contributed by atoms with Crippen molar-refractivity contribution in [2.75, 3.05) is 0 Å². The maximum Gasteiger partial charge on any atom is 0.235 e. The zero-order valence-corrected chi connectivity index (χ0v) is 17.2. The molecule has 4 heteroatoms. The van der Waals surface area contributed by atoms with Crippen molar-refractivity contribution >= 4 is 11.0 Å². The lowest BCUT2D eigenvalue weighted by Gasteiger charge is -2.13. The molecule has 0 fully saturated rings. The van der Waals surface area contributed by atoms with E-state index < -0.39 is 0 Å². The lowest BCUT2D eigenvalue weighted by molar-refractivity contribution is 0.297. The van der Waals surface area contributed by atoms with Gasteiger partial charge in [0.15, 0.2) is 5.76 Å². The number of nitriles is 1. The van der Waals surface area contributed by atoms with Crippen LogP contribution in [-0.2, 0) is 6.61 Å². The molecule has 0 spiro atoms. The Labute approximate surface area is 175 Å². The summed E-state index contributed by atoms with van der Waals surface area (Å²) in [4.78, 5) is 13.4. The maximum atomic E-state index is 13.4. The molecule has 0 bridgehead atoms. The Kier molecular flexibility index (Phi) is 5.12. The third-order valence-electron chi connectivity index (χ3n) is 5.29. The van der Waals surface area contributed by atoms with Crippen LogP contribution in [0.5, 0.6) is 5.75 Å². The molecular weight excluding hydrogens is 374 g/mol. The number of ether oxygens (including phenoxy) is 1. The molecule has 0 atom stereocenters. The van der Waals surface area contributed by atoms with Gasteiger partial charge in [0, 0.05) is 11.1 Å². The predicted octanol–water partition coefficient (Wildman–Crippen LogP) is 5.84. The van der Waals surface area contributed by atoms with E-state index in [1.807, 2.05) is 69.3 Å². The first-order chi connectivity index (χ1) is 14.5. The maximum absolute atomic E-state index is 13.4. The standard InChI is InChI=1S/C26H21NO3/c1-16-8-10-19(11-9-16)25-26(29-15-21-7-5-4-6-20(21)14-27)24(28)22-12-17(2)18(3)13-23(22)30-25/h4-13H,15H2,1-3H3. The van der Waals surface area contributed by atoms with E-state index in [4.69, 9.17) is 9.15 Å². The monoisotopic (exact) mass is 395 g/mol.